The number of benzene rings is 1. The molecule has 2 aromatic rings. The van der Waals surface area contributed by atoms with Crippen LogP contribution in [0.1, 0.15) is 19.0 Å². The van der Waals surface area contributed by atoms with Crippen molar-refractivity contribution in [2.24, 2.45) is 5.92 Å². The normalized spacial score (nSPS) is 18.4. The summed E-state index contributed by atoms with van der Waals surface area (Å²) in [6.07, 6.45) is 1.04. The van der Waals surface area contributed by atoms with Crippen LogP contribution in [0.2, 0.25) is 0 Å². The van der Waals surface area contributed by atoms with Gasteiger partial charge in [0, 0.05) is 35.8 Å². The number of phenolic OH excluding ortho intramolecular Hbond substituents is 1. The van der Waals surface area contributed by atoms with E-state index in [0.29, 0.717) is 23.4 Å². The largest absolute Gasteiger partial charge is 0.505 e. The summed E-state index contributed by atoms with van der Waals surface area (Å²) in [7, 11) is 0. The Morgan fingerprint density at radius 3 is 3.05 bits per heavy atom. The van der Waals surface area contributed by atoms with Gasteiger partial charge in [-0.15, -0.1) is 0 Å². The Morgan fingerprint density at radius 2 is 2.33 bits per heavy atom. The zero-order valence-corrected chi connectivity index (χ0v) is 11.8. The SMILES string of the molecule is C[C@@H]1CCN(C(=O)NCc2cc3cc(F)c(O)cc3[nH]2)C1. The lowest BCUT2D eigenvalue weighted by molar-refractivity contribution is 0.207. The second kappa shape index (κ2) is 5.27. The fourth-order valence-electron chi connectivity index (χ4n) is 2.70. The molecule has 0 spiro atoms. The average molecular weight is 291 g/mol. The number of aromatic nitrogens is 1. The van der Waals surface area contributed by atoms with Crippen LogP contribution in [0.25, 0.3) is 10.9 Å². The maximum Gasteiger partial charge on any atom is 0.317 e. The van der Waals surface area contributed by atoms with Gasteiger partial charge in [-0.1, -0.05) is 6.92 Å². The molecule has 0 bridgehead atoms. The van der Waals surface area contributed by atoms with Crippen LogP contribution in [0.3, 0.4) is 0 Å². The third-order valence-corrected chi connectivity index (χ3v) is 3.89. The van der Waals surface area contributed by atoms with Crippen LogP contribution in [0.5, 0.6) is 5.75 Å². The number of urea groups is 1. The van der Waals surface area contributed by atoms with Crippen LogP contribution in [-0.4, -0.2) is 34.1 Å². The van der Waals surface area contributed by atoms with Crippen LogP contribution >= 0.6 is 0 Å². The third-order valence-electron chi connectivity index (χ3n) is 3.89. The van der Waals surface area contributed by atoms with E-state index in [9.17, 15) is 14.3 Å². The second-order valence-corrected chi connectivity index (χ2v) is 5.68. The first-order valence-corrected chi connectivity index (χ1v) is 7.06. The van der Waals surface area contributed by atoms with Gasteiger partial charge in [0.05, 0.1) is 6.54 Å². The molecule has 3 N–H and O–H groups in total. The summed E-state index contributed by atoms with van der Waals surface area (Å²) in [6.45, 7) is 4.06. The van der Waals surface area contributed by atoms with Crippen molar-refractivity contribution in [3.05, 3.63) is 29.7 Å². The van der Waals surface area contributed by atoms with Crippen molar-refractivity contribution in [2.75, 3.05) is 13.1 Å². The Morgan fingerprint density at radius 1 is 1.52 bits per heavy atom. The summed E-state index contributed by atoms with van der Waals surface area (Å²) in [5.41, 5.74) is 1.42. The zero-order chi connectivity index (χ0) is 15.0. The summed E-state index contributed by atoms with van der Waals surface area (Å²) < 4.78 is 13.3. The molecule has 0 unspecified atom stereocenters. The van der Waals surface area contributed by atoms with Gasteiger partial charge >= 0.3 is 6.03 Å². The van der Waals surface area contributed by atoms with E-state index in [2.05, 4.69) is 17.2 Å². The number of rotatable bonds is 2. The van der Waals surface area contributed by atoms with Gasteiger partial charge in [-0.3, -0.25) is 0 Å². The van der Waals surface area contributed by atoms with Crippen molar-refractivity contribution in [3.63, 3.8) is 0 Å². The Bertz CT molecular complexity index is 644. The van der Waals surface area contributed by atoms with Gasteiger partial charge in [0.1, 0.15) is 0 Å². The molecule has 112 valence electrons. The summed E-state index contributed by atoms with van der Waals surface area (Å²) in [6, 6.07) is 4.31. The predicted molar refractivity (Wildman–Crippen MR) is 77.5 cm³/mol. The Balaban J connectivity index is 1.66. The lowest BCUT2D eigenvalue weighted by atomic mass is 10.2. The van der Waals surface area contributed by atoms with Crippen LogP contribution in [0, 0.1) is 11.7 Å². The van der Waals surface area contributed by atoms with E-state index in [1.165, 1.54) is 12.1 Å². The fourth-order valence-corrected chi connectivity index (χ4v) is 2.70. The number of carbonyl (C=O) groups excluding carboxylic acids is 1. The fraction of sp³-hybridized carbons (Fsp3) is 0.400. The average Bonchev–Trinajstić information content (AvgIpc) is 3.03. The van der Waals surface area contributed by atoms with E-state index in [1.807, 2.05) is 0 Å². The minimum absolute atomic E-state index is 0.0768. The predicted octanol–water partition coefficient (Wildman–Crippen LogP) is 2.56. The number of fused-ring (bicyclic) bond motifs is 1. The van der Waals surface area contributed by atoms with Gasteiger partial charge < -0.3 is 20.3 Å². The molecule has 0 aliphatic carbocycles. The van der Waals surface area contributed by atoms with Crippen LogP contribution in [0.15, 0.2) is 18.2 Å². The number of amides is 2. The highest BCUT2D eigenvalue weighted by Crippen LogP contribution is 2.24. The molecule has 1 atom stereocenters. The van der Waals surface area contributed by atoms with Crippen molar-refractivity contribution in [1.82, 2.24) is 15.2 Å². The smallest absolute Gasteiger partial charge is 0.317 e. The van der Waals surface area contributed by atoms with Gasteiger partial charge in [0.25, 0.3) is 0 Å². The van der Waals surface area contributed by atoms with E-state index in [0.717, 1.165) is 25.2 Å². The van der Waals surface area contributed by atoms with E-state index in [1.54, 1.807) is 11.0 Å². The van der Waals surface area contributed by atoms with Crippen LogP contribution in [0.4, 0.5) is 9.18 Å². The number of likely N-dealkylation sites (tertiary alicyclic amines) is 1. The Kier molecular flexibility index (Phi) is 3.45. The van der Waals surface area contributed by atoms with E-state index in [-0.39, 0.29) is 11.8 Å². The Hall–Kier alpha value is -2.24. The standard InChI is InChI=1S/C15H18FN3O2/c1-9-2-3-19(8-9)15(21)17-7-11-4-10-5-12(16)14(20)6-13(10)18-11/h4-6,9,18,20H,2-3,7-8H2,1H3,(H,17,21)/t9-/m1/s1. The summed E-state index contributed by atoms with van der Waals surface area (Å²) in [4.78, 5) is 16.9. The number of nitrogens with zero attached hydrogens (tertiary/aromatic N) is 1. The molecule has 21 heavy (non-hydrogen) atoms. The van der Waals surface area contributed by atoms with Gasteiger partial charge in [-0.2, -0.15) is 0 Å². The molecular weight excluding hydrogens is 273 g/mol. The number of nitrogens with one attached hydrogen (secondary N) is 2. The molecule has 1 aliphatic rings. The van der Waals surface area contributed by atoms with Gasteiger partial charge in [0.15, 0.2) is 11.6 Å². The van der Waals surface area contributed by atoms with Gasteiger partial charge in [-0.05, 0) is 24.5 Å². The molecule has 2 heterocycles. The van der Waals surface area contributed by atoms with Crippen molar-refractivity contribution in [2.45, 2.75) is 19.9 Å². The number of aromatic amines is 1. The first-order chi connectivity index (χ1) is 10.0. The minimum Gasteiger partial charge on any atom is -0.505 e. The van der Waals surface area contributed by atoms with Crippen LogP contribution in [-0.2, 0) is 6.54 Å². The molecule has 1 aromatic carbocycles. The molecule has 1 fully saturated rings. The highest BCUT2D eigenvalue weighted by atomic mass is 19.1. The first-order valence-electron chi connectivity index (χ1n) is 7.06. The molecule has 3 rings (SSSR count). The monoisotopic (exact) mass is 291 g/mol. The molecule has 1 aliphatic heterocycles. The number of H-pyrrole nitrogens is 1. The highest BCUT2D eigenvalue weighted by Gasteiger charge is 2.22. The quantitative estimate of drug-likeness (QED) is 0.796. The van der Waals surface area contributed by atoms with Gasteiger partial charge in [0.2, 0.25) is 0 Å². The Labute approximate surface area is 121 Å². The van der Waals surface area contributed by atoms with Crippen molar-refractivity contribution in [3.8, 4) is 5.75 Å². The summed E-state index contributed by atoms with van der Waals surface area (Å²) >= 11 is 0. The lowest BCUT2D eigenvalue weighted by Gasteiger charge is -2.16. The summed E-state index contributed by atoms with van der Waals surface area (Å²) in [5.74, 6) is -0.482. The number of carbonyl (C=O) groups is 1. The van der Waals surface area contributed by atoms with Crippen LogP contribution < -0.4 is 5.32 Å². The molecule has 0 saturated carbocycles. The topological polar surface area (TPSA) is 68.4 Å². The highest BCUT2D eigenvalue weighted by molar-refractivity contribution is 5.82. The number of hydrogen-bond donors (Lipinski definition) is 3. The lowest BCUT2D eigenvalue weighted by Crippen LogP contribution is -2.38. The van der Waals surface area contributed by atoms with Crippen molar-refractivity contribution >= 4 is 16.9 Å². The molecular formula is C15H18FN3O2. The first kappa shape index (κ1) is 13.7. The van der Waals surface area contributed by atoms with E-state index in [4.69, 9.17) is 0 Å². The van der Waals surface area contributed by atoms with Gasteiger partial charge in [-0.25, -0.2) is 9.18 Å². The number of hydrogen-bond acceptors (Lipinski definition) is 2. The molecule has 6 heteroatoms. The molecule has 2 amide bonds. The molecule has 1 saturated heterocycles. The second-order valence-electron chi connectivity index (χ2n) is 5.68. The third kappa shape index (κ3) is 2.79. The van der Waals surface area contributed by atoms with Crippen molar-refractivity contribution in [1.29, 1.82) is 0 Å². The minimum atomic E-state index is -0.650. The molecule has 1 aromatic heterocycles. The summed E-state index contributed by atoms with van der Waals surface area (Å²) in [5, 5.41) is 12.9. The number of aromatic hydroxyl groups is 1. The van der Waals surface area contributed by atoms with E-state index < -0.39 is 5.82 Å². The van der Waals surface area contributed by atoms with Crippen molar-refractivity contribution < 1.29 is 14.3 Å². The number of halogens is 1. The maximum absolute atomic E-state index is 13.3. The molecule has 5 nitrogen and oxygen atoms in total. The maximum atomic E-state index is 13.3. The van der Waals surface area contributed by atoms with E-state index >= 15 is 0 Å². The zero-order valence-electron chi connectivity index (χ0n) is 11.8. The number of phenols is 1. The molecule has 0 radical (unpaired) electrons.